The number of hydrogen-bond acceptors (Lipinski definition) is 4. The highest BCUT2D eigenvalue weighted by Crippen LogP contribution is 2.20. The second kappa shape index (κ2) is 6.49. The van der Waals surface area contributed by atoms with Crippen molar-refractivity contribution < 1.29 is 13.2 Å². The van der Waals surface area contributed by atoms with Gasteiger partial charge in [-0.25, -0.2) is 0 Å². The van der Waals surface area contributed by atoms with Crippen molar-refractivity contribution in [3.05, 3.63) is 0 Å². The summed E-state index contributed by atoms with van der Waals surface area (Å²) in [6.07, 6.45) is 2.59. The van der Waals surface area contributed by atoms with Crippen molar-refractivity contribution >= 4 is 10.2 Å². The summed E-state index contributed by atoms with van der Waals surface area (Å²) in [4.78, 5) is 0. The van der Waals surface area contributed by atoms with E-state index in [2.05, 4.69) is 10.0 Å². The average Bonchev–Trinajstić information content (AvgIpc) is 2.75. The van der Waals surface area contributed by atoms with Crippen LogP contribution in [0.1, 0.15) is 26.2 Å². The quantitative estimate of drug-likeness (QED) is 0.744. The van der Waals surface area contributed by atoms with Gasteiger partial charge in [-0.1, -0.05) is 0 Å². The van der Waals surface area contributed by atoms with Gasteiger partial charge in [-0.2, -0.15) is 17.4 Å². The third-order valence-corrected chi connectivity index (χ3v) is 5.73. The van der Waals surface area contributed by atoms with Gasteiger partial charge in [0, 0.05) is 19.7 Å². The molecule has 6 nitrogen and oxygen atoms in total. The molecule has 2 rings (SSSR count). The molecule has 0 bridgehead atoms. The number of rotatable bonds is 5. The van der Waals surface area contributed by atoms with E-state index in [1.54, 1.807) is 4.31 Å². The van der Waals surface area contributed by atoms with Gasteiger partial charge in [0.1, 0.15) is 0 Å². The predicted octanol–water partition coefficient (Wildman–Crippen LogP) is -0.0704. The van der Waals surface area contributed by atoms with Gasteiger partial charge in [-0.15, -0.1) is 0 Å². The van der Waals surface area contributed by atoms with Crippen molar-refractivity contribution in [2.45, 2.75) is 38.3 Å². The van der Waals surface area contributed by atoms with Crippen molar-refractivity contribution in [3.63, 3.8) is 0 Å². The summed E-state index contributed by atoms with van der Waals surface area (Å²) in [5.41, 5.74) is 0. The molecule has 2 unspecified atom stereocenters. The molecule has 2 aliphatic heterocycles. The monoisotopic (exact) mass is 291 g/mol. The molecule has 19 heavy (non-hydrogen) atoms. The minimum absolute atomic E-state index is 0.0309. The van der Waals surface area contributed by atoms with E-state index in [9.17, 15) is 8.42 Å². The van der Waals surface area contributed by atoms with Gasteiger partial charge in [0.25, 0.3) is 10.2 Å². The molecule has 0 aromatic rings. The zero-order chi connectivity index (χ0) is 13.9. The van der Waals surface area contributed by atoms with Crippen LogP contribution in [-0.4, -0.2) is 58.2 Å². The summed E-state index contributed by atoms with van der Waals surface area (Å²) >= 11 is 0. The fourth-order valence-electron chi connectivity index (χ4n) is 2.79. The highest BCUT2D eigenvalue weighted by Gasteiger charge is 2.33. The Labute approximate surface area is 116 Å². The number of piperidine rings is 1. The van der Waals surface area contributed by atoms with Crippen LogP contribution in [0.25, 0.3) is 0 Å². The molecule has 2 saturated heterocycles. The highest BCUT2D eigenvalue weighted by atomic mass is 32.2. The van der Waals surface area contributed by atoms with E-state index in [-0.39, 0.29) is 12.1 Å². The number of ether oxygens (including phenoxy) is 1. The zero-order valence-electron chi connectivity index (χ0n) is 11.8. The molecule has 0 aliphatic carbocycles. The van der Waals surface area contributed by atoms with Crippen molar-refractivity contribution in [2.75, 3.05) is 33.3 Å². The van der Waals surface area contributed by atoms with Crippen molar-refractivity contribution in [1.29, 1.82) is 0 Å². The zero-order valence-corrected chi connectivity index (χ0v) is 12.6. The topological polar surface area (TPSA) is 70.7 Å². The van der Waals surface area contributed by atoms with Crippen LogP contribution in [-0.2, 0) is 14.9 Å². The lowest BCUT2D eigenvalue weighted by Crippen LogP contribution is -2.50. The van der Waals surface area contributed by atoms with Gasteiger partial charge < -0.3 is 10.1 Å². The van der Waals surface area contributed by atoms with Crippen LogP contribution >= 0.6 is 0 Å². The Kier molecular flexibility index (Phi) is 5.19. The minimum Gasteiger partial charge on any atom is -0.377 e. The van der Waals surface area contributed by atoms with Crippen LogP contribution in [0.3, 0.4) is 0 Å². The third-order valence-electron chi connectivity index (χ3n) is 4.08. The number of hydrogen-bond donors (Lipinski definition) is 2. The molecule has 0 radical (unpaired) electrons. The summed E-state index contributed by atoms with van der Waals surface area (Å²) in [6.45, 7) is 4.75. The maximum atomic E-state index is 12.3. The van der Waals surface area contributed by atoms with Crippen LogP contribution in [0.15, 0.2) is 0 Å². The third kappa shape index (κ3) is 3.88. The Morgan fingerprint density at radius 1 is 1.26 bits per heavy atom. The lowest BCUT2D eigenvalue weighted by molar-refractivity contribution is 0.116. The number of nitrogens with zero attached hydrogens (tertiary/aromatic N) is 1. The van der Waals surface area contributed by atoms with Crippen molar-refractivity contribution in [2.24, 2.45) is 5.92 Å². The Balaban J connectivity index is 1.87. The molecular formula is C12H25N3O3S. The van der Waals surface area contributed by atoms with Gasteiger partial charge >= 0.3 is 0 Å². The first-order valence-electron chi connectivity index (χ1n) is 7.06. The molecule has 0 amide bonds. The second-order valence-electron chi connectivity index (χ2n) is 5.49. The fourth-order valence-corrected chi connectivity index (χ4v) is 4.33. The lowest BCUT2D eigenvalue weighted by atomic mass is 9.98. The molecule has 2 fully saturated rings. The van der Waals surface area contributed by atoms with Gasteiger partial charge in [0.15, 0.2) is 0 Å². The maximum absolute atomic E-state index is 12.3. The predicted molar refractivity (Wildman–Crippen MR) is 74.1 cm³/mol. The minimum atomic E-state index is -3.36. The summed E-state index contributed by atoms with van der Waals surface area (Å²) < 4.78 is 34.3. The highest BCUT2D eigenvalue weighted by molar-refractivity contribution is 7.87. The molecule has 7 heteroatoms. The van der Waals surface area contributed by atoms with Gasteiger partial charge in [-0.3, -0.25) is 0 Å². The number of nitrogens with one attached hydrogen (secondary N) is 2. The van der Waals surface area contributed by atoms with E-state index >= 15 is 0 Å². The molecule has 2 heterocycles. The van der Waals surface area contributed by atoms with Gasteiger partial charge in [0.2, 0.25) is 0 Å². The van der Waals surface area contributed by atoms with E-state index in [0.29, 0.717) is 25.6 Å². The molecular weight excluding hydrogens is 266 g/mol. The van der Waals surface area contributed by atoms with E-state index in [1.807, 2.05) is 14.0 Å². The Morgan fingerprint density at radius 2 is 1.95 bits per heavy atom. The molecule has 2 N–H and O–H groups in total. The molecule has 0 aromatic heterocycles. The molecule has 2 aliphatic rings. The van der Waals surface area contributed by atoms with E-state index in [0.717, 1.165) is 25.8 Å². The van der Waals surface area contributed by atoms with Crippen molar-refractivity contribution in [3.8, 4) is 0 Å². The Bertz CT molecular complexity index is 380. The summed E-state index contributed by atoms with van der Waals surface area (Å²) in [5, 5.41) is 3.16. The fraction of sp³-hybridized carbons (Fsp3) is 1.00. The normalized spacial score (nSPS) is 30.8. The first kappa shape index (κ1) is 15.2. The Hall–Kier alpha value is -0.210. The summed E-state index contributed by atoms with van der Waals surface area (Å²) in [6, 6.07) is -0.0833. The van der Waals surface area contributed by atoms with Crippen LogP contribution < -0.4 is 10.0 Å². The first-order chi connectivity index (χ1) is 9.03. The van der Waals surface area contributed by atoms with Crippen LogP contribution in [0.5, 0.6) is 0 Å². The van der Waals surface area contributed by atoms with Crippen LogP contribution in [0, 0.1) is 5.92 Å². The van der Waals surface area contributed by atoms with Gasteiger partial charge in [0.05, 0.1) is 12.1 Å². The van der Waals surface area contributed by atoms with E-state index in [4.69, 9.17) is 4.74 Å². The Morgan fingerprint density at radius 3 is 2.47 bits per heavy atom. The molecule has 2 atom stereocenters. The maximum Gasteiger partial charge on any atom is 0.279 e. The van der Waals surface area contributed by atoms with Crippen LogP contribution in [0.4, 0.5) is 0 Å². The lowest BCUT2D eigenvalue weighted by Gasteiger charge is -2.32. The average molecular weight is 291 g/mol. The van der Waals surface area contributed by atoms with E-state index in [1.165, 1.54) is 0 Å². The second-order valence-corrected chi connectivity index (χ2v) is 7.20. The molecule has 0 spiro atoms. The van der Waals surface area contributed by atoms with E-state index < -0.39 is 10.2 Å². The van der Waals surface area contributed by atoms with Crippen molar-refractivity contribution in [1.82, 2.24) is 14.3 Å². The largest absolute Gasteiger partial charge is 0.377 e. The molecule has 112 valence electrons. The summed E-state index contributed by atoms with van der Waals surface area (Å²) in [5.74, 6) is 0.588. The SMILES string of the molecule is CNCC1CCN(S(=O)(=O)NC2CCOC2C)CC1. The molecule has 0 saturated carbocycles. The molecule has 0 aromatic carbocycles. The van der Waals surface area contributed by atoms with Crippen LogP contribution in [0.2, 0.25) is 0 Å². The standard InChI is InChI=1S/C12H25N3O3S/c1-10-12(5-8-18-10)14-19(16,17)15-6-3-11(4-7-15)9-13-2/h10-14H,3-9H2,1-2H3. The smallest absolute Gasteiger partial charge is 0.279 e. The van der Waals surface area contributed by atoms with Gasteiger partial charge in [-0.05, 0) is 45.7 Å². The first-order valence-corrected chi connectivity index (χ1v) is 8.50. The summed E-state index contributed by atoms with van der Waals surface area (Å²) in [7, 11) is -1.42.